The van der Waals surface area contributed by atoms with Crippen LogP contribution in [0.3, 0.4) is 0 Å². The van der Waals surface area contributed by atoms with Crippen LogP contribution in [0.4, 0.5) is 0 Å². The lowest BCUT2D eigenvalue weighted by Gasteiger charge is -2.36. The van der Waals surface area contributed by atoms with Gasteiger partial charge in [0.1, 0.15) is 0 Å². The van der Waals surface area contributed by atoms with Crippen LogP contribution < -0.4 is 0 Å². The SMILES string of the molecule is O=C1c2ccccc2[C@@]1(O)c1cccs1. The summed E-state index contributed by atoms with van der Waals surface area (Å²) in [6.07, 6.45) is 0. The Balaban J connectivity index is 2.22. The molecule has 2 aromatic rings. The van der Waals surface area contributed by atoms with Crippen molar-refractivity contribution in [3.8, 4) is 0 Å². The van der Waals surface area contributed by atoms with Crippen molar-refractivity contribution in [2.24, 2.45) is 0 Å². The molecular weight excluding hydrogens is 208 g/mol. The van der Waals surface area contributed by atoms with Gasteiger partial charge in [-0.2, -0.15) is 0 Å². The topological polar surface area (TPSA) is 37.3 Å². The molecule has 15 heavy (non-hydrogen) atoms. The standard InChI is InChI=1S/C12H8O2S/c13-11-8-4-1-2-5-9(8)12(11,14)10-6-3-7-15-10/h1-7,14H/t12-/m1/s1. The van der Waals surface area contributed by atoms with E-state index in [0.29, 0.717) is 10.4 Å². The van der Waals surface area contributed by atoms with Crippen molar-refractivity contribution in [2.45, 2.75) is 5.60 Å². The van der Waals surface area contributed by atoms with Gasteiger partial charge in [-0.05, 0) is 11.4 Å². The van der Waals surface area contributed by atoms with Crippen molar-refractivity contribution in [3.63, 3.8) is 0 Å². The van der Waals surface area contributed by atoms with Crippen molar-refractivity contribution in [1.29, 1.82) is 0 Å². The van der Waals surface area contributed by atoms with Crippen molar-refractivity contribution >= 4 is 17.1 Å². The van der Waals surface area contributed by atoms with E-state index in [2.05, 4.69) is 0 Å². The fourth-order valence-electron chi connectivity index (χ4n) is 1.98. The molecule has 0 fully saturated rings. The van der Waals surface area contributed by atoms with E-state index in [-0.39, 0.29) is 5.78 Å². The second-order valence-electron chi connectivity index (χ2n) is 3.56. The number of ketones is 1. The molecule has 0 unspecified atom stereocenters. The zero-order chi connectivity index (χ0) is 10.5. The molecule has 2 nitrogen and oxygen atoms in total. The summed E-state index contributed by atoms with van der Waals surface area (Å²) < 4.78 is 0. The van der Waals surface area contributed by atoms with Gasteiger partial charge >= 0.3 is 0 Å². The Hall–Kier alpha value is -1.45. The third-order valence-electron chi connectivity index (χ3n) is 2.77. The number of carbonyl (C=O) groups excluding carboxylic acids is 1. The Kier molecular flexibility index (Phi) is 1.63. The van der Waals surface area contributed by atoms with E-state index in [9.17, 15) is 9.90 Å². The van der Waals surface area contributed by atoms with Gasteiger partial charge in [-0.1, -0.05) is 30.3 Å². The van der Waals surface area contributed by atoms with E-state index in [4.69, 9.17) is 0 Å². The Morgan fingerprint density at radius 3 is 2.67 bits per heavy atom. The molecule has 0 aliphatic heterocycles. The first-order valence-corrected chi connectivity index (χ1v) is 5.53. The molecule has 0 saturated carbocycles. The predicted molar refractivity (Wildman–Crippen MR) is 58.1 cm³/mol. The summed E-state index contributed by atoms with van der Waals surface area (Å²) in [5, 5.41) is 12.2. The number of hydrogen-bond acceptors (Lipinski definition) is 3. The van der Waals surface area contributed by atoms with E-state index >= 15 is 0 Å². The lowest BCUT2D eigenvalue weighted by Crippen LogP contribution is -2.46. The fourth-order valence-corrected chi connectivity index (χ4v) is 2.81. The molecule has 1 N–H and O–H groups in total. The average Bonchev–Trinajstić information content (AvgIpc) is 2.81. The summed E-state index contributed by atoms with van der Waals surface area (Å²) >= 11 is 1.40. The summed E-state index contributed by atoms with van der Waals surface area (Å²) in [6.45, 7) is 0. The van der Waals surface area contributed by atoms with Gasteiger partial charge < -0.3 is 5.11 Å². The van der Waals surface area contributed by atoms with Crippen LogP contribution in [0.15, 0.2) is 41.8 Å². The van der Waals surface area contributed by atoms with Gasteiger partial charge in [-0.25, -0.2) is 0 Å². The minimum absolute atomic E-state index is 0.194. The van der Waals surface area contributed by atoms with Crippen LogP contribution in [0.25, 0.3) is 0 Å². The number of Topliss-reactive ketones (excluding diaryl/α,β-unsaturated/α-hetero) is 1. The first kappa shape index (κ1) is 8.83. The Morgan fingerprint density at radius 2 is 1.93 bits per heavy atom. The third-order valence-corrected chi connectivity index (χ3v) is 3.75. The molecule has 3 heteroatoms. The van der Waals surface area contributed by atoms with E-state index < -0.39 is 5.60 Å². The highest BCUT2D eigenvalue weighted by Crippen LogP contribution is 2.45. The highest BCUT2D eigenvalue weighted by molar-refractivity contribution is 7.10. The van der Waals surface area contributed by atoms with Gasteiger partial charge in [0.25, 0.3) is 0 Å². The van der Waals surface area contributed by atoms with E-state index in [1.54, 1.807) is 18.2 Å². The fraction of sp³-hybridized carbons (Fsp3) is 0.0833. The van der Waals surface area contributed by atoms with Gasteiger partial charge in [-0.15, -0.1) is 11.3 Å². The minimum Gasteiger partial charge on any atom is -0.372 e. The molecule has 1 aromatic carbocycles. The first-order valence-electron chi connectivity index (χ1n) is 4.65. The highest BCUT2D eigenvalue weighted by Gasteiger charge is 2.51. The highest BCUT2D eigenvalue weighted by atomic mass is 32.1. The zero-order valence-electron chi connectivity index (χ0n) is 7.81. The minimum atomic E-state index is -1.38. The van der Waals surface area contributed by atoms with E-state index in [0.717, 1.165) is 5.56 Å². The lowest BCUT2D eigenvalue weighted by molar-refractivity contribution is 0.0393. The lowest BCUT2D eigenvalue weighted by atomic mass is 9.71. The maximum absolute atomic E-state index is 11.8. The molecule has 74 valence electrons. The van der Waals surface area contributed by atoms with Crippen LogP contribution in [0.5, 0.6) is 0 Å². The van der Waals surface area contributed by atoms with E-state index in [1.807, 2.05) is 23.6 Å². The molecule has 1 heterocycles. The quantitative estimate of drug-likeness (QED) is 0.793. The average molecular weight is 216 g/mol. The normalized spacial score (nSPS) is 23.4. The van der Waals surface area contributed by atoms with Gasteiger partial charge in [0, 0.05) is 16.0 Å². The molecule has 1 aliphatic rings. The van der Waals surface area contributed by atoms with Crippen LogP contribution in [0.1, 0.15) is 20.8 Å². The number of aliphatic hydroxyl groups is 1. The Morgan fingerprint density at radius 1 is 1.13 bits per heavy atom. The van der Waals surface area contributed by atoms with Crippen LogP contribution in [0, 0.1) is 0 Å². The van der Waals surface area contributed by atoms with Gasteiger partial charge in [0.15, 0.2) is 5.60 Å². The summed E-state index contributed by atoms with van der Waals surface area (Å²) in [7, 11) is 0. The smallest absolute Gasteiger partial charge is 0.204 e. The summed E-state index contributed by atoms with van der Waals surface area (Å²) in [5.41, 5.74) is -0.0315. The molecular formula is C12H8O2S. The van der Waals surface area contributed by atoms with Crippen molar-refractivity contribution < 1.29 is 9.90 Å². The second-order valence-corrected chi connectivity index (χ2v) is 4.51. The molecule has 1 aliphatic carbocycles. The van der Waals surface area contributed by atoms with Crippen LogP contribution in [-0.4, -0.2) is 10.9 Å². The Bertz CT molecular complexity index is 530. The second kappa shape index (κ2) is 2.78. The first-order chi connectivity index (χ1) is 7.24. The summed E-state index contributed by atoms with van der Waals surface area (Å²) in [6, 6.07) is 10.8. The number of fused-ring (bicyclic) bond motifs is 1. The third kappa shape index (κ3) is 0.940. The van der Waals surface area contributed by atoms with Crippen molar-refractivity contribution in [2.75, 3.05) is 0 Å². The number of rotatable bonds is 1. The van der Waals surface area contributed by atoms with Crippen LogP contribution >= 0.6 is 11.3 Å². The Labute approximate surface area is 90.8 Å². The maximum Gasteiger partial charge on any atom is 0.204 e. The molecule has 0 amide bonds. The molecule has 0 spiro atoms. The van der Waals surface area contributed by atoms with Gasteiger partial charge in [0.05, 0.1) is 0 Å². The molecule has 0 bridgehead atoms. The van der Waals surface area contributed by atoms with Crippen molar-refractivity contribution in [1.82, 2.24) is 0 Å². The largest absolute Gasteiger partial charge is 0.372 e. The number of thiophene rings is 1. The van der Waals surface area contributed by atoms with Crippen LogP contribution in [0.2, 0.25) is 0 Å². The summed E-state index contributed by atoms with van der Waals surface area (Å²) in [4.78, 5) is 12.5. The monoisotopic (exact) mass is 216 g/mol. The van der Waals surface area contributed by atoms with Crippen LogP contribution in [-0.2, 0) is 5.60 Å². The summed E-state index contributed by atoms with van der Waals surface area (Å²) in [5.74, 6) is -0.194. The molecule has 3 rings (SSSR count). The van der Waals surface area contributed by atoms with E-state index in [1.165, 1.54) is 11.3 Å². The number of carbonyl (C=O) groups is 1. The number of hydrogen-bond donors (Lipinski definition) is 1. The van der Waals surface area contributed by atoms with Gasteiger partial charge in [-0.3, -0.25) is 4.79 Å². The van der Waals surface area contributed by atoms with Gasteiger partial charge in [0.2, 0.25) is 5.78 Å². The van der Waals surface area contributed by atoms with Crippen molar-refractivity contribution in [3.05, 3.63) is 57.8 Å². The maximum atomic E-state index is 11.8. The molecule has 1 aromatic heterocycles. The predicted octanol–water partition coefficient (Wildman–Crippen LogP) is 2.18. The molecule has 1 atom stereocenters. The molecule has 0 radical (unpaired) electrons. The zero-order valence-corrected chi connectivity index (χ0v) is 8.62. The molecule has 0 saturated heterocycles. The number of benzene rings is 1.